The first kappa shape index (κ1) is 83.5. The van der Waals surface area contributed by atoms with Gasteiger partial charge in [-0.2, -0.15) is 0 Å². The Morgan fingerprint density at radius 3 is 1.12 bits per heavy atom. The monoisotopic (exact) mass is 1230 g/mol. The maximum Gasteiger partial charge on any atom is 0.472 e. The van der Waals surface area contributed by atoms with Crippen molar-refractivity contribution in [3.05, 3.63) is 72.9 Å². The van der Waals surface area contributed by atoms with E-state index in [0.717, 1.165) is 109 Å². The van der Waals surface area contributed by atoms with Crippen LogP contribution < -0.4 is 5.32 Å². The minimum Gasteiger partial charge on any atom is -0.456 e. The summed E-state index contributed by atoms with van der Waals surface area (Å²) in [6, 6.07) is -0.861. The van der Waals surface area contributed by atoms with E-state index in [1.165, 1.54) is 205 Å². The summed E-state index contributed by atoms with van der Waals surface area (Å²) in [5, 5.41) is 3.06. The van der Waals surface area contributed by atoms with Crippen LogP contribution in [-0.4, -0.2) is 74.3 Å². The van der Waals surface area contributed by atoms with Crippen molar-refractivity contribution >= 4 is 19.7 Å². The van der Waals surface area contributed by atoms with E-state index in [0.29, 0.717) is 17.4 Å². The molecule has 0 aliphatic heterocycles. The van der Waals surface area contributed by atoms with E-state index in [1.54, 1.807) is 0 Å². The average Bonchev–Trinajstić information content (AvgIpc) is 3.66. The van der Waals surface area contributed by atoms with Gasteiger partial charge in [-0.05, 0) is 76.7 Å². The summed E-state index contributed by atoms with van der Waals surface area (Å²) in [6.07, 6.45) is 86.4. The quantitative estimate of drug-likeness (QED) is 0.0205. The number of amides is 1. The number of quaternary nitrogens is 1. The number of phosphoric acid groups is 1. The molecule has 502 valence electrons. The van der Waals surface area contributed by atoms with E-state index in [2.05, 4.69) is 86.8 Å². The summed E-state index contributed by atoms with van der Waals surface area (Å²) in [7, 11) is 1.49. The smallest absolute Gasteiger partial charge is 0.456 e. The zero-order valence-electron chi connectivity index (χ0n) is 57.6. The van der Waals surface area contributed by atoms with E-state index in [-0.39, 0.29) is 31.5 Å². The number of unbranched alkanes of at least 4 members (excludes halogenated alkanes) is 41. The van der Waals surface area contributed by atoms with Crippen LogP contribution in [-0.2, 0) is 27.9 Å². The summed E-state index contributed by atoms with van der Waals surface area (Å²) in [6.45, 7) is 6.93. The highest BCUT2D eigenvalue weighted by Crippen LogP contribution is 2.43. The van der Waals surface area contributed by atoms with Crippen LogP contribution in [0.2, 0.25) is 0 Å². The van der Waals surface area contributed by atoms with E-state index in [1.807, 2.05) is 33.3 Å². The highest BCUT2D eigenvalue weighted by atomic mass is 31.2. The summed E-state index contributed by atoms with van der Waals surface area (Å²) in [4.78, 5) is 37.9. The fraction of sp³-hybridized carbons (Fsp3) is 0.816. The molecule has 1 amide bonds. The molecule has 10 heteroatoms. The van der Waals surface area contributed by atoms with Gasteiger partial charge in [0.2, 0.25) is 5.91 Å². The molecule has 2 N–H and O–H groups in total. The largest absolute Gasteiger partial charge is 0.472 e. The van der Waals surface area contributed by atoms with Crippen molar-refractivity contribution in [1.29, 1.82) is 0 Å². The van der Waals surface area contributed by atoms with E-state index >= 15 is 0 Å². The summed E-state index contributed by atoms with van der Waals surface area (Å²) < 4.78 is 30.8. The zero-order valence-corrected chi connectivity index (χ0v) is 58.5. The lowest BCUT2D eigenvalue weighted by molar-refractivity contribution is -0.870. The van der Waals surface area contributed by atoms with Gasteiger partial charge >= 0.3 is 13.8 Å². The molecule has 0 radical (unpaired) electrons. The Balaban J connectivity index is 5.01. The van der Waals surface area contributed by atoms with Crippen molar-refractivity contribution in [3.63, 3.8) is 0 Å². The number of allylic oxidation sites excluding steroid dienone is 11. The molecular weight excluding hydrogens is 1080 g/mol. The van der Waals surface area contributed by atoms with Crippen LogP contribution in [0.5, 0.6) is 0 Å². The van der Waals surface area contributed by atoms with Gasteiger partial charge in [0.1, 0.15) is 19.3 Å². The Kier molecular flexibility index (Phi) is 63.5. The summed E-state index contributed by atoms with van der Waals surface area (Å²) >= 11 is 0. The molecule has 0 aromatic carbocycles. The molecule has 3 atom stereocenters. The van der Waals surface area contributed by atoms with Gasteiger partial charge in [0.25, 0.3) is 0 Å². The molecular formula is C76H142N2O7P+. The molecule has 3 unspecified atom stereocenters. The van der Waals surface area contributed by atoms with E-state index < -0.39 is 20.0 Å². The van der Waals surface area contributed by atoms with Crippen molar-refractivity contribution in [1.82, 2.24) is 5.32 Å². The first-order chi connectivity index (χ1) is 41.9. The maximum atomic E-state index is 13.6. The minimum atomic E-state index is -4.46. The van der Waals surface area contributed by atoms with Gasteiger partial charge in [0.05, 0.1) is 33.8 Å². The number of ether oxygens (including phenoxy) is 1. The first-order valence-electron chi connectivity index (χ1n) is 36.8. The molecule has 9 nitrogen and oxygen atoms in total. The number of nitrogens with one attached hydrogen (secondary N) is 1. The number of carbonyl (C=O) groups excluding carboxylic acids is 2. The molecule has 0 rings (SSSR count). The van der Waals surface area contributed by atoms with Gasteiger partial charge in [-0.1, -0.05) is 332 Å². The number of carbonyl (C=O) groups is 2. The Morgan fingerprint density at radius 1 is 0.419 bits per heavy atom. The number of hydrogen-bond acceptors (Lipinski definition) is 6. The van der Waals surface area contributed by atoms with Crippen LogP contribution in [0.25, 0.3) is 0 Å². The van der Waals surface area contributed by atoms with Crippen LogP contribution >= 0.6 is 7.82 Å². The Hall–Kier alpha value is -2.55. The Morgan fingerprint density at radius 2 is 0.744 bits per heavy atom. The first-order valence-corrected chi connectivity index (χ1v) is 38.3. The minimum absolute atomic E-state index is 0.0352. The fourth-order valence-electron chi connectivity index (χ4n) is 10.8. The van der Waals surface area contributed by atoms with E-state index in [9.17, 15) is 19.0 Å². The number of phosphoric ester groups is 1. The molecule has 0 saturated heterocycles. The molecule has 0 heterocycles. The molecule has 86 heavy (non-hydrogen) atoms. The Labute approximate surface area is 533 Å². The maximum absolute atomic E-state index is 13.6. The number of esters is 1. The second-order valence-corrected chi connectivity index (χ2v) is 27.5. The predicted octanol–water partition coefficient (Wildman–Crippen LogP) is 23.5. The van der Waals surface area contributed by atoms with Gasteiger partial charge in [0, 0.05) is 12.8 Å². The van der Waals surface area contributed by atoms with Crippen LogP contribution in [0, 0.1) is 0 Å². The third-order valence-corrected chi connectivity index (χ3v) is 17.4. The van der Waals surface area contributed by atoms with Crippen molar-refractivity contribution in [2.45, 2.75) is 360 Å². The average molecular weight is 1230 g/mol. The number of rotatable bonds is 67. The van der Waals surface area contributed by atoms with Crippen molar-refractivity contribution in [2.24, 2.45) is 0 Å². The van der Waals surface area contributed by atoms with Crippen molar-refractivity contribution in [3.8, 4) is 0 Å². The Bertz CT molecular complexity index is 1700. The fourth-order valence-corrected chi connectivity index (χ4v) is 11.5. The van der Waals surface area contributed by atoms with Gasteiger partial charge in [-0.15, -0.1) is 0 Å². The third-order valence-electron chi connectivity index (χ3n) is 16.4. The lowest BCUT2D eigenvalue weighted by Gasteiger charge is -2.27. The molecule has 0 aliphatic rings. The summed E-state index contributed by atoms with van der Waals surface area (Å²) in [5.74, 6) is -0.515. The second kappa shape index (κ2) is 65.4. The van der Waals surface area contributed by atoms with Crippen molar-refractivity contribution in [2.75, 3.05) is 40.9 Å². The molecule has 0 saturated carbocycles. The SMILES string of the molecule is CC/C=C\C/C=C\C/C=C\C/C=C\C/C=C\CCCCCCCC(=O)NC(COP(=O)(O)OCC[N+](C)(C)C)C(/C=C\CCCCCCCCCCCC)OC(=O)CCCCCCCCCCCCCCCCCCCCCCCCCCCCC. The normalized spacial score (nSPS) is 13.9. The number of likely N-dealkylation sites (N-methyl/N-ethyl adjacent to an activating group) is 1. The lowest BCUT2D eigenvalue weighted by atomic mass is 10.0. The second-order valence-electron chi connectivity index (χ2n) is 26.1. The van der Waals surface area contributed by atoms with Gasteiger partial charge in [-0.25, -0.2) is 4.57 Å². The van der Waals surface area contributed by atoms with Crippen LogP contribution in [0.4, 0.5) is 0 Å². The van der Waals surface area contributed by atoms with Gasteiger partial charge < -0.3 is 19.4 Å². The molecule has 0 bridgehead atoms. The molecule has 0 aromatic rings. The zero-order chi connectivity index (χ0) is 62.8. The van der Waals surface area contributed by atoms with Crippen LogP contribution in [0.1, 0.15) is 348 Å². The highest BCUT2D eigenvalue weighted by molar-refractivity contribution is 7.47. The predicted molar refractivity (Wildman–Crippen MR) is 374 cm³/mol. The van der Waals surface area contributed by atoms with Gasteiger partial charge in [-0.3, -0.25) is 18.6 Å². The topological polar surface area (TPSA) is 111 Å². The van der Waals surface area contributed by atoms with Crippen LogP contribution in [0.15, 0.2) is 72.9 Å². The summed E-state index contributed by atoms with van der Waals surface area (Å²) in [5.41, 5.74) is 0. The third kappa shape index (κ3) is 65.9. The molecule has 0 aromatic heterocycles. The number of nitrogens with zero attached hydrogens (tertiary/aromatic N) is 1. The lowest BCUT2D eigenvalue weighted by Crippen LogP contribution is -2.47. The van der Waals surface area contributed by atoms with Crippen molar-refractivity contribution < 1.29 is 37.3 Å². The highest BCUT2D eigenvalue weighted by Gasteiger charge is 2.30. The molecule has 0 fully saturated rings. The van der Waals surface area contributed by atoms with E-state index in [4.69, 9.17) is 13.8 Å². The van der Waals surface area contributed by atoms with Crippen LogP contribution in [0.3, 0.4) is 0 Å². The molecule has 0 aliphatic carbocycles. The standard InChI is InChI=1S/C76H141N2O7P/c1-7-10-13-16-19-22-25-28-30-32-34-36-37-38-39-40-41-43-45-47-49-51-54-57-60-63-66-69-76(80)85-74(67-64-61-58-55-52-27-24-21-18-15-12-9-3)73(72-84-86(81,82)83-71-70-78(4,5)6)77-75(79)68-65-62-59-56-53-50-48-46-44-42-35-33-31-29-26-23-20-17-14-11-8-2/h11,14,20,23,29,31,35,42,46,48,64,67,73-74H,7-10,12-13,15-19,21-22,24-28,30,32-34,36-41,43-45,47,49-63,65-66,68-72H2,1-6H3,(H-,77,79,81,82)/p+1/b14-11-,23-20-,31-29-,42-35-,48-46-,67-64-. The van der Waals surface area contributed by atoms with Gasteiger partial charge in [0.15, 0.2) is 0 Å². The number of hydrogen-bond donors (Lipinski definition) is 2. The molecule has 0 spiro atoms.